The molecule has 1 aliphatic heterocycles. The Hall–Kier alpha value is -2.35. The van der Waals surface area contributed by atoms with Gasteiger partial charge in [0.2, 0.25) is 0 Å². The zero-order valence-corrected chi connectivity index (χ0v) is 14.5. The Morgan fingerprint density at radius 3 is 2.88 bits per heavy atom. The number of aromatic nitrogens is 5. The summed E-state index contributed by atoms with van der Waals surface area (Å²) in [4.78, 5) is 23.0. The fourth-order valence-corrected chi connectivity index (χ4v) is 3.15. The van der Waals surface area contributed by atoms with Crippen LogP contribution in [0.5, 0.6) is 0 Å². The maximum Gasteiger partial charge on any atom is 0.257 e. The van der Waals surface area contributed by atoms with E-state index in [1.165, 1.54) is 0 Å². The summed E-state index contributed by atoms with van der Waals surface area (Å²) < 4.78 is 1.81. The van der Waals surface area contributed by atoms with E-state index in [1.54, 1.807) is 12.4 Å². The third-order valence-electron chi connectivity index (χ3n) is 4.47. The summed E-state index contributed by atoms with van der Waals surface area (Å²) in [6, 6.07) is 0. The van der Waals surface area contributed by atoms with Gasteiger partial charge in [-0.1, -0.05) is 12.1 Å². The summed E-state index contributed by atoms with van der Waals surface area (Å²) in [6.45, 7) is 4.25. The second-order valence-corrected chi connectivity index (χ2v) is 6.41. The van der Waals surface area contributed by atoms with Gasteiger partial charge in [-0.2, -0.15) is 0 Å². The zero-order chi connectivity index (χ0) is 17.6. The van der Waals surface area contributed by atoms with Crippen LogP contribution in [-0.2, 0) is 19.4 Å². The summed E-state index contributed by atoms with van der Waals surface area (Å²) in [5.41, 5.74) is 1.34. The Kier molecular flexibility index (Phi) is 5.70. The van der Waals surface area contributed by atoms with Crippen LogP contribution in [0.2, 0.25) is 0 Å². The standard InChI is InChI=1S/C17H24N6O2/c1-2-16-18-8-14(9-19-16)17(25)22-6-3-4-13(10-22)11-23-12-15(5-7-24)20-21-23/h8-9,12-13,24H,2-7,10-11H2,1H3/t13-/m0/s1. The predicted molar refractivity (Wildman–Crippen MR) is 90.8 cm³/mol. The van der Waals surface area contributed by atoms with Gasteiger partial charge in [-0.25, -0.2) is 9.97 Å². The first-order valence-electron chi connectivity index (χ1n) is 8.79. The zero-order valence-electron chi connectivity index (χ0n) is 14.5. The Balaban J connectivity index is 1.60. The number of rotatable bonds is 6. The Bertz CT molecular complexity index is 699. The van der Waals surface area contributed by atoms with Gasteiger partial charge in [0.1, 0.15) is 5.82 Å². The number of amides is 1. The van der Waals surface area contributed by atoms with Crippen molar-refractivity contribution in [1.29, 1.82) is 0 Å². The molecule has 0 bridgehead atoms. The van der Waals surface area contributed by atoms with Crippen LogP contribution in [-0.4, -0.2) is 60.6 Å². The highest BCUT2D eigenvalue weighted by Gasteiger charge is 2.25. The smallest absolute Gasteiger partial charge is 0.257 e. The number of hydrogen-bond donors (Lipinski definition) is 1. The monoisotopic (exact) mass is 344 g/mol. The number of hydrogen-bond acceptors (Lipinski definition) is 6. The number of aliphatic hydroxyl groups is 1. The molecule has 2 aromatic heterocycles. The van der Waals surface area contributed by atoms with E-state index in [1.807, 2.05) is 22.7 Å². The van der Waals surface area contributed by atoms with E-state index in [0.29, 0.717) is 24.4 Å². The van der Waals surface area contributed by atoms with Gasteiger partial charge < -0.3 is 10.0 Å². The minimum absolute atomic E-state index is 0.00749. The molecule has 1 N–H and O–H groups in total. The van der Waals surface area contributed by atoms with Crippen LogP contribution >= 0.6 is 0 Å². The number of aliphatic hydroxyl groups excluding tert-OH is 1. The SMILES string of the molecule is CCc1ncc(C(=O)N2CCC[C@H](Cn3cc(CCO)nn3)C2)cn1. The van der Waals surface area contributed by atoms with E-state index >= 15 is 0 Å². The molecule has 1 atom stereocenters. The quantitative estimate of drug-likeness (QED) is 0.829. The molecule has 8 heteroatoms. The first-order valence-corrected chi connectivity index (χ1v) is 8.79. The largest absolute Gasteiger partial charge is 0.396 e. The molecule has 0 saturated carbocycles. The molecule has 3 rings (SSSR count). The summed E-state index contributed by atoms with van der Waals surface area (Å²) in [7, 11) is 0. The third kappa shape index (κ3) is 4.39. The van der Waals surface area contributed by atoms with E-state index < -0.39 is 0 Å². The summed E-state index contributed by atoms with van der Waals surface area (Å²) in [5, 5.41) is 17.1. The molecule has 2 aromatic rings. The molecule has 134 valence electrons. The second-order valence-electron chi connectivity index (χ2n) is 6.41. The molecule has 0 aromatic carbocycles. The van der Waals surface area contributed by atoms with Gasteiger partial charge in [0.05, 0.1) is 11.3 Å². The van der Waals surface area contributed by atoms with Crippen molar-refractivity contribution < 1.29 is 9.90 Å². The average molecular weight is 344 g/mol. The van der Waals surface area contributed by atoms with Crippen LogP contribution in [0, 0.1) is 5.92 Å². The molecule has 1 aliphatic rings. The number of nitrogens with zero attached hydrogens (tertiary/aromatic N) is 6. The fourth-order valence-electron chi connectivity index (χ4n) is 3.15. The molecule has 1 fully saturated rings. The Morgan fingerprint density at radius 1 is 1.36 bits per heavy atom. The van der Waals surface area contributed by atoms with Crippen molar-refractivity contribution in [3.8, 4) is 0 Å². The molecule has 8 nitrogen and oxygen atoms in total. The molecule has 0 radical (unpaired) electrons. The van der Waals surface area contributed by atoms with Crippen molar-refractivity contribution in [3.05, 3.63) is 35.7 Å². The predicted octanol–water partition coefficient (Wildman–Crippen LogP) is 0.718. The van der Waals surface area contributed by atoms with Crippen molar-refractivity contribution in [2.24, 2.45) is 5.92 Å². The maximum absolute atomic E-state index is 12.7. The number of piperidine rings is 1. The molecule has 0 unspecified atom stereocenters. The number of carbonyl (C=O) groups is 1. The molecule has 3 heterocycles. The van der Waals surface area contributed by atoms with Crippen molar-refractivity contribution >= 4 is 5.91 Å². The Morgan fingerprint density at radius 2 is 2.16 bits per heavy atom. The van der Waals surface area contributed by atoms with Crippen LogP contribution in [0.4, 0.5) is 0 Å². The van der Waals surface area contributed by atoms with Crippen LogP contribution in [0.15, 0.2) is 18.6 Å². The molecular weight excluding hydrogens is 320 g/mol. The fraction of sp³-hybridized carbons (Fsp3) is 0.588. The lowest BCUT2D eigenvalue weighted by Crippen LogP contribution is -2.41. The van der Waals surface area contributed by atoms with Gasteiger partial charge in [0.15, 0.2) is 0 Å². The van der Waals surface area contributed by atoms with Gasteiger partial charge in [0, 0.05) is 57.7 Å². The van der Waals surface area contributed by atoms with Crippen LogP contribution in [0.25, 0.3) is 0 Å². The molecule has 1 saturated heterocycles. The van der Waals surface area contributed by atoms with Gasteiger partial charge in [-0.15, -0.1) is 5.10 Å². The molecule has 0 spiro atoms. The van der Waals surface area contributed by atoms with Crippen molar-refractivity contribution in [3.63, 3.8) is 0 Å². The summed E-state index contributed by atoms with van der Waals surface area (Å²) in [6.07, 6.45) is 8.42. The lowest BCUT2D eigenvalue weighted by atomic mass is 9.97. The van der Waals surface area contributed by atoms with Crippen molar-refractivity contribution in [2.45, 2.75) is 39.2 Å². The van der Waals surface area contributed by atoms with Crippen LogP contribution in [0.1, 0.15) is 41.6 Å². The van der Waals surface area contributed by atoms with E-state index in [9.17, 15) is 4.79 Å². The van der Waals surface area contributed by atoms with Crippen LogP contribution in [0.3, 0.4) is 0 Å². The van der Waals surface area contributed by atoms with Crippen LogP contribution < -0.4 is 0 Å². The van der Waals surface area contributed by atoms with Gasteiger partial charge >= 0.3 is 0 Å². The molecule has 0 aliphatic carbocycles. The van der Waals surface area contributed by atoms with Crippen molar-refractivity contribution in [2.75, 3.05) is 19.7 Å². The second kappa shape index (κ2) is 8.15. The lowest BCUT2D eigenvalue weighted by molar-refractivity contribution is 0.0658. The third-order valence-corrected chi connectivity index (χ3v) is 4.47. The van der Waals surface area contributed by atoms with Gasteiger partial charge in [-0.3, -0.25) is 9.48 Å². The maximum atomic E-state index is 12.7. The molecule has 1 amide bonds. The lowest BCUT2D eigenvalue weighted by Gasteiger charge is -2.32. The first kappa shape index (κ1) is 17.5. The van der Waals surface area contributed by atoms with Gasteiger partial charge in [-0.05, 0) is 18.8 Å². The van der Waals surface area contributed by atoms with Gasteiger partial charge in [0.25, 0.3) is 5.91 Å². The highest BCUT2D eigenvalue weighted by molar-refractivity contribution is 5.93. The Labute approximate surface area is 146 Å². The summed E-state index contributed by atoms with van der Waals surface area (Å²) in [5.74, 6) is 1.09. The highest BCUT2D eigenvalue weighted by Crippen LogP contribution is 2.20. The van der Waals surface area contributed by atoms with Crippen molar-refractivity contribution in [1.82, 2.24) is 29.9 Å². The minimum atomic E-state index is -0.00749. The minimum Gasteiger partial charge on any atom is -0.396 e. The van der Waals surface area contributed by atoms with E-state index in [4.69, 9.17) is 5.11 Å². The number of carbonyl (C=O) groups excluding carboxylic acids is 1. The topological polar surface area (TPSA) is 97.0 Å². The van der Waals surface area contributed by atoms with E-state index in [0.717, 1.165) is 43.9 Å². The van der Waals surface area contributed by atoms with E-state index in [2.05, 4.69) is 20.3 Å². The highest BCUT2D eigenvalue weighted by atomic mass is 16.3. The number of likely N-dealkylation sites (tertiary alicyclic amines) is 1. The average Bonchev–Trinajstić information content (AvgIpc) is 3.09. The molecule has 25 heavy (non-hydrogen) atoms. The molecular formula is C17H24N6O2. The normalized spacial score (nSPS) is 17.7. The first-order chi connectivity index (χ1) is 12.2. The van der Waals surface area contributed by atoms with E-state index in [-0.39, 0.29) is 12.5 Å². The number of aryl methyl sites for hydroxylation is 1. The summed E-state index contributed by atoms with van der Waals surface area (Å²) >= 11 is 0.